The SMILES string of the molecule is Cc1cc(Cl)nc(Cl)c1NC1C(C)(C)[C@H]2CC[C@]1(C)C2. The van der Waals surface area contributed by atoms with Gasteiger partial charge in [-0.05, 0) is 54.6 Å². The second-order valence-corrected chi connectivity index (χ2v) is 8.17. The van der Waals surface area contributed by atoms with E-state index in [0.29, 0.717) is 27.2 Å². The number of pyridine rings is 1. The molecule has 20 heavy (non-hydrogen) atoms. The number of fused-ring (bicyclic) bond motifs is 2. The number of aromatic nitrogens is 1. The molecule has 3 rings (SSSR count). The van der Waals surface area contributed by atoms with Gasteiger partial charge < -0.3 is 5.32 Å². The van der Waals surface area contributed by atoms with Crippen molar-refractivity contribution in [3.8, 4) is 0 Å². The molecule has 1 aromatic rings. The number of nitrogens with zero attached hydrogens (tertiary/aromatic N) is 1. The minimum Gasteiger partial charge on any atom is -0.379 e. The van der Waals surface area contributed by atoms with E-state index in [2.05, 4.69) is 31.1 Å². The largest absolute Gasteiger partial charge is 0.379 e. The van der Waals surface area contributed by atoms with Crippen molar-refractivity contribution in [3.63, 3.8) is 0 Å². The molecule has 0 amide bonds. The first kappa shape index (κ1) is 14.5. The van der Waals surface area contributed by atoms with E-state index in [0.717, 1.165) is 17.2 Å². The number of hydrogen-bond donors (Lipinski definition) is 1. The summed E-state index contributed by atoms with van der Waals surface area (Å²) in [5.41, 5.74) is 2.67. The fraction of sp³-hybridized carbons (Fsp3) is 0.688. The molecule has 1 N–H and O–H groups in total. The topological polar surface area (TPSA) is 24.9 Å². The Bertz CT molecular complexity index is 528. The molecule has 2 nitrogen and oxygen atoms in total. The van der Waals surface area contributed by atoms with Crippen LogP contribution in [0.1, 0.15) is 45.6 Å². The van der Waals surface area contributed by atoms with Gasteiger partial charge in [0.05, 0.1) is 5.69 Å². The van der Waals surface area contributed by atoms with Crippen LogP contribution in [0.15, 0.2) is 6.07 Å². The Hall–Kier alpha value is -0.470. The molecule has 1 aromatic heterocycles. The van der Waals surface area contributed by atoms with Crippen molar-refractivity contribution in [2.75, 3.05) is 5.32 Å². The highest BCUT2D eigenvalue weighted by Crippen LogP contribution is 2.63. The Kier molecular flexibility index (Phi) is 3.26. The maximum Gasteiger partial charge on any atom is 0.154 e. The summed E-state index contributed by atoms with van der Waals surface area (Å²) in [6, 6.07) is 2.31. The lowest BCUT2D eigenvalue weighted by molar-refractivity contribution is 0.155. The van der Waals surface area contributed by atoms with Crippen LogP contribution in [0.4, 0.5) is 5.69 Å². The molecular weight excluding hydrogens is 291 g/mol. The van der Waals surface area contributed by atoms with Crippen LogP contribution in [0, 0.1) is 23.7 Å². The van der Waals surface area contributed by atoms with Crippen LogP contribution in [-0.4, -0.2) is 11.0 Å². The van der Waals surface area contributed by atoms with E-state index in [1.807, 2.05) is 13.0 Å². The third kappa shape index (κ3) is 2.03. The van der Waals surface area contributed by atoms with Crippen molar-refractivity contribution in [1.29, 1.82) is 0 Å². The first-order chi connectivity index (χ1) is 9.24. The Balaban J connectivity index is 1.96. The number of halogens is 2. The summed E-state index contributed by atoms with van der Waals surface area (Å²) >= 11 is 12.3. The van der Waals surface area contributed by atoms with Crippen LogP contribution in [0.5, 0.6) is 0 Å². The van der Waals surface area contributed by atoms with Gasteiger partial charge in [-0.25, -0.2) is 4.98 Å². The van der Waals surface area contributed by atoms with Gasteiger partial charge in [0.15, 0.2) is 5.15 Å². The normalized spacial score (nSPS) is 34.5. The summed E-state index contributed by atoms with van der Waals surface area (Å²) in [5.74, 6) is 0.810. The van der Waals surface area contributed by atoms with E-state index in [1.54, 1.807) is 0 Å². The summed E-state index contributed by atoms with van der Waals surface area (Å²) in [5, 5.41) is 4.65. The quantitative estimate of drug-likeness (QED) is 0.747. The van der Waals surface area contributed by atoms with Crippen molar-refractivity contribution < 1.29 is 0 Å². The zero-order valence-electron chi connectivity index (χ0n) is 12.6. The van der Waals surface area contributed by atoms with Gasteiger partial charge in [0.25, 0.3) is 0 Å². The van der Waals surface area contributed by atoms with Crippen LogP contribution in [-0.2, 0) is 0 Å². The van der Waals surface area contributed by atoms with E-state index in [-0.39, 0.29) is 0 Å². The molecule has 2 fully saturated rings. The summed E-state index contributed by atoms with van der Waals surface area (Å²) in [7, 11) is 0. The van der Waals surface area contributed by atoms with Gasteiger partial charge in [-0.3, -0.25) is 0 Å². The highest BCUT2D eigenvalue weighted by atomic mass is 35.5. The monoisotopic (exact) mass is 312 g/mol. The van der Waals surface area contributed by atoms with E-state index in [4.69, 9.17) is 23.2 Å². The minimum atomic E-state index is 0.294. The van der Waals surface area contributed by atoms with Crippen LogP contribution >= 0.6 is 23.2 Å². The smallest absolute Gasteiger partial charge is 0.154 e. The first-order valence-electron chi connectivity index (χ1n) is 7.33. The second-order valence-electron chi connectivity index (χ2n) is 7.42. The summed E-state index contributed by atoms with van der Waals surface area (Å²) in [4.78, 5) is 4.18. The van der Waals surface area contributed by atoms with Crippen molar-refractivity contribution in [2.45, 2.75) is 53.0 Å². The molecule has 3 atom stereocenters. The molecule has 0 aromatic carbocycles. The van der Waals surface area contributed by atoms with E-state index in [9.17, 15) is 0 Å². The molecule has 0 aliphatic heterocycles. The van der Waals surface area contributed by atoms with Gasteiger partial charge >= 0.3 is 0 Å². The van der Waals surface area contributed by atoms with Crippen LogP contribution in [0.2, 0.25) is 10.3 Å². The Morgan fingerprint density at radius 2 is 2.00 bits per heavy atom. The minimum absolute atomic E-state index is 0.294. The number of anilines is 1. The van der Waals surface area contributed by atoms with Crippen LogP contribution < -0.4 is 5.32 Å². The molecule has 2 bridgehead atoms. The molecule has 1 unspecified atom stereocenters. The van der Waals surface area contributed by atoms with Gasteiger partial charge in [0.2, 0.25) is 0 Å². The van der Waals surface area contributed by atoms with Gasteiger partial charge in [-0.2, -0.15) is 0 Å². The van der Waals surface area contributed by atoms with Gasteiger partial charge in [0.1, 0.15) is 5.15 Å². The molecule has 2 aliphatic rings. The Morgan fingerprint density at radius 3 is 2.55 bits per heavy atom. The third-order valence-electron chi connectivity index (χ3n) is 5.70. The highest BCUT2D eigenvalue weighted by molar-refractivity contribution is 6.34. The van der Waals surface area contributed by atoms with E-state index < -0.39 is 0 Å². The van der Waals surface area contributed by atoms with Crippen molar-refractivity contribution >= 4 is 28.9 Å². The maximum atomic E-state index is 6.30. The van der Waals surface area contributed by atoms with Crippen LogP contribution in [0.3, 0.4) is 0 Å². The molecule has 2 saturated carbocycles. The number of hydrogen-bond acceptors (Lipinski definition) is 2. The lowest BCUT2D eigenvalue weighted by atomic mass is 9.68. The maximum absolute atomic E-state index is 6.30. The third-order valence-corrected chi connectivity index (χ3v) is 6.17. The molecule has 4 heteroatoms. The predicted molar refractivity (Wildman–Crippen MR) is 85.6 cm³/mol. The van der Waals surface area contributed by atoms with E-state index >= 15 is 0 Å². The fourth-order valence-corrected chi connectivity index (χ4v) is 5.16. The molecule has 0 radical (unpaired) electrons. The molecule has 0 saturated heterocycles. The molecule has 1 heterocycles. The summed E-state index contributed by atoms with van der Waals surface area (Å²) in [6.07, 6.45) is 3.97. The van der Waals surface area contributed by atoms with Gasteiger partial charge in [-0.15, -0.1) is 0 Å². The summed E-state index contributed by atoms with van der Waals surface area (Å²) < 4.78 is 0. The first-order valence-corrected chi connectivity index (χ1v) is 8.09. The number of aryl methyl sites for hydroxylation is 1. The zero-order valence-corrected chi connectivity index (χ0v) is 14.1. The second kappa shape index (κ2) is 4.51. The standard InChI is InChI=1S/C16H22Cl2N2/c1-9-7-11(17)19-13(18)12(9)20-14-15(2,3)10-5-6-16(14,4)8-10/h7,10,14,20H,5-6,8H2,1-4H3/t10-,14?,16+/m0/s1. The zero-order chi connectivity index (χ0) is 14.7. The Labute approximate surface area is 131 Å². The molecule has 110 valence electrons. The number of rotatable bonds is 2. The lowest BCUT2D eigenvalue weighted by Crippen LogP contribution is -2.46. The van der Waals surface area contributed by atoms with E-state index in [1.165, 1.54) is 19.3 Å². The average molecular weight is 313 g/mol. The van der Waals surface area contributed by atoms with Crippen LogP contribution in [0.25, 0.3) is 0 Å². The summed E-state index contributed by atoms with van der Waals surface area (Å²) in [6.45, 7) is 9.20. The van der Waals surface area contributed by atoms with Crippen molar-refractivity contribution in [1.82, 2.24) is 4.98 Å². The Morgan fingerprint density at radius 1 is 1.30 bits per heavy atom. The van der Waals surface area contributed by atoms with Crippen molar-refractivity contribution in [3.05, 3.63) is 21.9 Å². The van der Waals surface area contributed by atoms with Crippen molar-refractivity contribution in [2.24, 2.45) is 16.7 Å². The molecular formula is C16H22Cl2N2. The fourth-order valence-electron chi connectivity index (χ4n) is 4.58. The molecule has 2 aliphatic carbocycles. The van der Waals surface area contributed by atoms with Gasteiger partial charge in [0, 0.05) is 6.04 Å². The lowest BCUT2D eigenvalue weighted by Gasteiger charge is -2.44. The highest BCUT2D eigenvalue weighted by Gasteiger charge is 2.59. The number of nitrogens with one attached hydrogen (secondary N) is 1. The molecule has 0 spiro atoms. The predicted octanol–water partition coefficient (Wildman–Crippen LogP) is 5.32. The average Bonchev–Trinajstić information content (AvgIpc) is 2.77. The van der Waals surface area contributed by atoms with Gasteiger partial charge in [-0.1, -0.05) is 44.0 Å².